The topological polar surface area (TPSA) is 41.1 Å². The van der Waals surface area contributed by atoms with E-state index in [9.17, 15) is 4.79 Å². The molecule has 1 aliphatic rings. The van der Waals surface area contributed by atoms with E-state index < -0.39 is 0 Å². The first kappa shape index (κ1) is 16.3. The van der Waals surface area contributed by atoms with Crippen LogP contribution in [0.2, 0.25) is 10.0 Å². The molecule has 0 aromatic heterocycles. The lowest BCUT2D eigenvalue weighted by molar-refractivity contribution is -0.120. The molecule has 5 heteroatoms. The molecule has 3 nitrogen and oxygen atoms in total. The fourth-order valence-corrected chi connectivity index (χ4v) is 3.31. The van der Waals surface area contributed by atoms with E-state index in [2.05, 4.69) is 10.6 Å². The molecule has 2 N–H and O–H groups in total. The summed E-state index contributed by atoms with van der Waals surface area (Å²) in [6, 6.07) is 13.1. The minimum Gasteiger partial charge on any atom is -0.353 e. The fourth-order valence-electron chi connectivity index (χ4n) is 2.82. The van der Waals surface area contributed by atoms with E-state index in [-0.39, 0.29) is 11.8 Å². The van der Waals surface area contributed by atoms with Crippen LogP contribution in [0.25, 0.3) is 0 Å². The molecule has 1 saturated heterocycles. The molecule has 0 radical (unpaired) electrons. The normalized spacial score (nSPS) is 17.2. The van der Waals surface area contributed by atoms with Gasteiger partial charge in [-0.1, -0.05) is 47.5 Å². The van der Waals surface area contributed by atoms with Crippen LogP contribution in [0.5, 0.6) is 0 Å². The van der Waals surface area contributed by atoms with E-state index in [1.165, 1.54) is 0 Å². The van der Waals surface area contributed by atoms with Crippen molar-refractivity contribution >= 4 is 40.4 Å². The third kappa shape index (κ3) is 3.86. The molecule has 3 rings (SSSR count). The maximum Gasteiger partial charge on any atom is 0.154 e. The molecule has 2 aromatic rings. The molecular weight excluding hydrogens is 331 g/mol. The number of hydrogen-bond donors (Lipinski definition) is 2. The molecule has 0 spiro atoms. The van der Waals surface area contributed by atoms with Crippen molar-refractivity contribution in [3.63, 3.8) is 0 Å². The summed E-state index contributed by atoms with van der Waals surface area (Å²) in [5, 5.41) is 7.62. The maximum absolute atomic E-state index is 12.4. The van der Waals surface area contributed by atoms with Crippen LogP contribution in [0, 0.1) is 0 Å². The van der Waals surface area contributed by atoms with Crippen LogP contribution in [-0.2, 0) is 11.2 Å². The third-order valence-electron chi connectivity index (χ3n) is 4.05. The highest BCUT2D eigenvalue weighted by Crippen LogP contribution is 2.33. The largest absolute Gasteiger partial charge is 0.353 e. The molecule has 1 heterocycles. The van der Waals surface area contributed by atoms with E-state index in [1.54, 1.807) is 18.2 Å². The van der Waals surface area contributed by atoms with E-state index in [0.717, 1.165) is 30.6 Å². The average molecular weight is 349 g/mol. The van der Waals surface area contributed by atoms with Crippen LogP contribution >= 0.6 is 23.2 Å². The highest BCUT2D eigenvalue weighted by Gasteiger charge is 2.22. The molecule has 1 atom stereocenters. The first-order valence-electron chi connectivity index (χ1n) is 7.70. The number of rotatable bonds is 5. The highest BCUT2D eigenvalue weighted by atomic mass is 35.5. The van der Waals surface area contributed by atoms with Crippen LogP contribution < -0.4 is 10.6 Å². The number of benzene rings is 2. The Morgan fingerprint density at radius 1 is 1.13 bits per heavy atom. The van der Waals surface area contributed by atoms with Gasteiger partial charge in [-0.3, -0.25) is 4.79 Å². The summed E-state index contributed by atoms with van der Waals surface area (Å²) >= 11 is 12.4. The highest BCUT2D eigenvalue weighted by molar-refractivity contribution is 6.39. The summed E-state index contributed by atoms with van der Waals surface area (Å²) in [5.74, 6) is 0.224. The Hall–Kier alpha value is -1.55. The van der Waals surface area contributed by atoms with Gasteiger partial charge in [-0.15, -0.1) is 0 Å². The second-order valence-corrected chi connectivity index (χ2v) is 6.49. The van der Waals surface area contributed by atoms with Crippen LogP contribution in [0.3, 0.4) is 0 Å². The molecule has 2 aromatic carbocycles. The molecule has 0 amide bonds. The zero-order chi connectivity index (χ0) is 16.2. The number of hydrogen-bond acceptors (Lipinski definition) is 3. The molecule has 120 valence electrons. The smallest absolute Gasteiger partial charge is 0.154 e. The summed E-state index contributed by atoms with van der Waals surface area (Å²) in [4.78, 5) is 12.4. The average Bonchev–Trinajstić information content (AvgIpc) is 3.07. The van der Waals surface area contributed by atoms with Crippen molar-refractivity contribution in [2.45, 2.75) is 25.3 Å². The van der Waals surface area contributed by atoms with Gasteiger partial charge in [0.25, 0.3) is 0 Å². The van der Waals surface area contributed by atoms with Crippen molar-refractivity contribution in [3.05, 3.63) is 58.1 Å². The van der Waals surface area contributed by atoms with Crippen LogP contribution in [-0.4, -0.2) is 18.4 Å². The molecular formula is C18H18Cl2N2O. The first-order valence-corrected chi connectivity index (χ1v) is 8.46. The third-order valence-corrected chi connectivity index (χ3v) is 4.68. The lowest BCUT2D eigenvalue weighted by atomic mass is 10.0. The van der Waals surface area contributed by atoms with Crippen molar-refractivity contribution in [3.8, 4) is 0 Å². The second-order valence-electron chi connectivity index (χ2n) is 5.67. The zero-order valence-corrected chi connectivity index (χ0v) is 14.1. The Morgan fingerprint density at radius 2 is 1.87 bits per heavy atom. The predicted molar refractivity (Wildman–Crippen MR) is 95.9 cm³/mol. The summed E-state index contributed by atoms with van der Waals surface area (Å²) in [5.41, 5.74) is 2.46. The Kier molecular flexibility index (Phi) is 5.21. The number of carbonyl (C=O) groups excluding carboxylic acids is 1. The van der Waals surface area contributed by atoms with Crippen molar-refractivity contribution < 1.29 is 4.79 Å². The SMILES string of the molecule is O=C(Cc1ccccc1Nc1c(Cl)cccc1Cl)C1CCCN1. The summed E-state index contributed by atoms with van der Waals surface area (Å²) in [7, 11) is 0. The van der Waals surface area contributed by atoms with Crippen LogP contribution in [0.4, 0.5) is 11.4 Å². The van der Waals surface area contributed by atoms with Crippen LogP contribution in [0.1, 0.15) is 18.4 Å². The number of carbonyl (C=O) groups is 1. The van der Waals surface area contributed by atoms with Crippen molar-refractivity contribution in [2.75, 3.05) is 11.9 Å². The van der Waals surface area contributed by atoms with Crippen molar-refractivity contribution in [2.24, 2.45) is 0 Å². The maximum atomic E-state index is 12.4. The molecule has 0 bridgehead atoms. The lowest BCUT2D eigenvalue weighted by Gasteiger charge is -2.15. The van der Waals surface area contributed by atoms with Gasteiger partial charge in [0.1, 0.15) is 0 Å². The predicted octanol–water partition coefficient (Wildman–Crippen LogP) is 4.60. The molecule has 0 saturated carbocycles. The summed E-state index contributed by atoms with van der Waals surface area (Å²) in [6.45, 7) is 0.922. The van der Waals surface area contributed by atoms with E-state index in [1.807, 2.05) is 24.3 Å². The van der Waals surface area contributed by atoms with Gasteiger partial charge in [-0.25, -0.2) is 0 Å². The number of nitrogens with one attached hydrogen (secondary N) is 2. The van der Waals surface area contributed by atoms with E-state index in [0.29, 0.717) is 22.2 Å². The fraction of sp³-hybridized carbons (Fsp3) is 0.278. The van der Waals surface area contributed by atoms with Crippen molar-refractivity contribution in [1.82, 2.24) is 5.32 Å². The quantitative estimate of drug-likeness (QED) is 0.829. The van der Waals surface area contributed by atoms with Gasteiger partial charge in [-0.05, 0) is 43.1 Å². The molecule has 1 fully saturated rings. The van der Waals surface area contributed by atoms with Gasteiger partial charge in [0, 0.05) is 12.1 Å². The monoisotopic (exact) mass is 348 g/mol. The number of Topliss-reactive ketones (excluding diaryl/α,β-unsaturated/α-hetero) is 1. The number of ketones is 1. The second kappa shape index (κ2) is 7.35. The molecule has 0 aliphatic carbocycles. The minimum atomic E-state index is -0.0213. The summed E-state index contributed by atoms with van der Waals surface area (Å²) in [6.07, 6.45) is 2.37. The van der Waals surface area contributed by atoms with E-state index >= 15 is 0 Å². The molecule has 1 unspecified atom stereocenters. The number of halogens is 2. The minimum absolute atomic E-state index is 0.0213. The Bertz CT molecular complexity index is 692. The van der Waals surface area contributed by atoms with Gasteiger partial charge in [-0.2, -0.15) is 0 Å². The van der Waals surface area contributed by atoms with E-state index in [4.69, 9.17) is 23.2 Å². The Balaban J connectivity index is 1.82. The van der Waals surface area contributed by atoms with Gasteiger partial charge >= 0.3 is 0 Å². The molecule has 1 aliphatic heterocycles. The first-order chi connectivity index (χ1) is 11.1. The molecule has 23 heavy (non-hydrogen) atoms. The standard InChI is InChI=1S/C18H18Cl2N2O/c19-13-6-3-7-14(20)18(13)22-15-8-2-1-5-12(15)11-17(23)16-9-4-10-21-16/h1-3,5-8,16,21-22H,4,9-11H2. The number of para-hydroxylation sites is 2. The van der Waals surface area contributed by atoms with Gasteiger partial charge < -0.3 is 10.6 Å². The van der Waals surface area contributed by atoms with Gasteiger partial charge in [0.2, 0.25) is 0 Å². The van der Waals surface area contributed by atoms with Gasteiger partial charge in [0.05, 0.1) is 21.8 Å². The Labute approximate surface area is 146 Å². The van der Waals surface area contributed by atoms with Gasteiger partial charge in [0.15, 0.2) is 5.78 Å². The van der Waals surface area contributed by atoms with Crippen molar-refractivity contribution in [1.29, 1.82) is 0 Å². The van der Waals surface area contributed by atoms with Crippen LogP contribution in [0.15, 0.2) is 42.5 Å². The summed E-state index contributed by atoms with van der Waals surface area (Å²) < 4.78 is 0. The Morgan fingerprint density at radius 3 is 2.57 bits per heavy atom. The lowest BCUT2D eigenvalue weighted by Crippen LogP contribution is -2.32. The number of anilines is 2. The zero-order valence-electron chi connectivity index (χ0n) is 12.6.